The molecule has 1 heterocycles. The van der Waals surface area contributed by atoms with Gasteiger partial charge in [0.2, 0.25) is 5.82 Å². The van der Waals surface area contributed by atoms with Crippen LogP contribution in [-0.4, -0.2) is 21.1 Å². The normalized spacial score (nSPS) is 11.5. The van der Waals surface area contributed by atoms with Crippen LogP contribution < -0.4 is 5.32 Å². The summed E-state index contributed by atoms with van der Waals surface area (Å²) in [6, 6.07) is 2.86. The Morgan fingerprint density at radius 3 is 2.62 bits per heavy atom. The van der Waals surface area contributed by atoms with Gasteiger partial charge in [0.05, 0.1) is 4.47 Å². The average molecular weight is 355 g/mol. The van der Waals surface area contributed by atoms with Gasteiger partial charge >= 0.3 is 0 Å². The third kappa shape index (κ3) is 3.47. The van der Waals surface area contributed by atoms with Gasteiger partial charge in [0.1, 0.15) is 11.6 Å². The van der Waals surface area contributed by atoms with Gasteiger partial charge in [-0.1, -0.05) is 20.8 Å². The Morgan fingerprint density at radius 1 is 1.38 bits per heavy atom. The molecule has 0 unspecified atom stereocenters. The number of benzene rings is 1. The first-order chi connectivity index (χ1) is 9.68. The molecule has 0 atom stereocenters. The van der Waals surface area contributed by atoms with Crippen molar-refractivity contribution in [1.29, 1.82) is 0 Å². The van der Waals surface area contributed by atoms with Gasteiger partial charge in [0, 0.05) is 11.1 Å². The molecule has 0 aliphatic rings. The Balaban J connectivity index is 2.22. The van der Waals surface area contributed by atoms with Crippen LogP contribution in [-0.2, 0) is 5.41 Å². The van der Waals surface area contributed by atoms with E-state index in [1.807, 2.05) is 20.8 Å². The Kier molecular flexibility index (Phi) is 4.13. The van der Waals surface area contributed by atoms with Crippen LogP contribution >= 0.6 is 15.9 Å². The third-order valence-electron chi connectivity index (χ3n) is 2.91. The van der Waals surface area contributed by atoms with E-state index in [1.54, 1.807) is 13.0 Å². The molecule has 112 valence electrons. The van der Waals surface area contributed by atoms with Crippen molar-refractivity contribution in [1.82, 2.24) is 15.2 Å². The number of hydrogen-bond acceptors (Lipinski definition) is 3. The zero-order valence-corrected chi connectivity index (χ0v) is 13.8. The topological polar surface area (TPSA) is 70.7 Å². The van der Waals surface area contributed by atoms with Gasteiger partial charge in [-0.05, 0) is 40.5 Å². The molecule has 2 rings (SSSR count). The molecule has 1 aromatic carbocycles. The number of anilines is 1. The van der Waals surface area contributed by atoms with Crippen LogP contribution in [0, 0.1) is 12.7 Å². The van der Waals surface area contributed by atoms with E-state index in [0.717, 1.165) is 5.56 Å². The number of H-pyrrole nitrogens is 1. The minimum absolute atomic E-state index is 0.0302. The summed E-state index contributed by atoms with van der Waals surface area (Å²) in [5, 5.41) is 9.26. The first kappa shape index (κ1) is 15.6. The van der Waals surface area contributed by atoms with Crippen molar-refractivity contribution in [2.45, 2.75) is 33.1 Å². The van der Waals surface area contributed by atoms with Crippen LogP contribution in [0.1, 0.15) is 42.8 Å². The molecule has 7 heteroatoms. The monoisotopic (exact) mass is 354 g/mol. The summed E-state index contributed by atoms with van der Waals surface area (Å²) < 4.78 is 13.9. The number of hydrogen-bond donors (Lipinski definition) is 2. The maximum atomic E-state index is 13.5. The van der Waals surface area contributed by atoms with Crippen LogP contribution in [0.4, 0.5) is 10.1 Å². The summed E-state index contributed by atoms with van der Waals surface area (Å²) in [4.78, 5) is 16.3. The molecule has 0 bridgehead atoms. The van der Waals surface area contributed by atoms with Gasteiger partial charge in [-0.15, -0.1) is 5.10 Å². The van der Waals surface area contributed by atoms with E-state index in [0.29, 0.717) is 16.0 Å². The fourth-order valence-corrected chi connectivity index (χ4v) is 2.12. The number of aromatic amines is 1. The van der Waals surface area contributed by atoms with E-state index in [-0.39, 0.29) is 11.2 Å². The van der Waals surface area contributed by atoms with Gasteiger partial charge in [0.25, 0.3) is 5.91 Å². The van der Waals surface area contributed by atoms with Crippen molar-refractivity contribution in [3.63, 3.8) is 0 Å². The fourth-order valence-electron chi connectivity index (χ4n) is 1.66. The number of halogens is 2. The lowest BCUT2D eigenvalue weighted by atomic mass is 9.96. The second kappa shape index (κ2) is 5.55. The highest BCUT2D eigenvalue weighted by Crippen LogP contribution is 2.24. The van der Waals surface area contributed by atoms with Crippen molar-refractivity contribution in [3.05, 3.63) is 39.6 Å². The summed E-state index contributed by atoms with van der Waals surface area (Å²) in [5.74, 6) is -0.276. The molecule has 0 aliphatic carbocycles. The highest BCUT2D eigenvalue weighted by molar-refractivity contribution is 9.10. The van der Waals surface area contributed by atoms with E-state index < -0.39 is 11.7 Å². The number of nitrogens with zero attached hydrogens (tertiary/aromatic N) is 2. The molecule has 5 nitrogen and oxygen atoms in total. The zero-order valence-electron chi connectivity index (χ0n) is 12.2. The molecule has 21 heavy (non-hydrogen) atoms. The van der Waals surface area contributed by atoms with Crippen LogP contribution in [0.3, 0.4) is 0 Å². The molecule has 0 aliphatic heterocycles. The van der Waals surface area contributed by atoms with Crippen molar-refractivity contribution < 1.29 is 9.18 Å². The summed E-state index contributed by atoms with van der Waals surface area (Å²) >= 11 is 3.10. The first-order valence-electron chi connectivity index (χ1n) is 6.38. The summed E-state index contributed by atoms with van der Waals surface area (Å²) in [7, 11) is 0. The van der Waals surface area contributed by atoms with E-state index >= 15 is 0 Å². The van der Waals surface area contributed by atoms with Crippen LogP contribution in [0.2, 0.25) is 0 Å². The van der Waals surface area contributed by atoms with Crippen molar-refractivity contribution in [2.24, 2.45) is 0 Å². The minimum Gasteiger partial charge on any atom is -0.319 e. The quantitative estimate of drug-likeness (QED) is 0.865. The van der Waals surface area contributed by atoms with E-state index in [9.17, 15) is 9.18 Å². The highest BCUT2D eigenvalue weighted by Gasteiger charge is 2.21. The van der Waals surface area contributed by atoms with Gasteiger partial charge in [-0.2, -0.15) is 0 Å². The standard InChI is InChI=1S/C14H16BrFN4O/c1-7-5-8(15)9(16)6-10(7)17-12(21)11-18-13(20-19-11)14(2,3)4/h5-6H,1-4H3,(H,17,21)(H,18,19,20). The molecule has 0 spiro atoms. The molecule has 1 aromatic heterocycles. The maximum Gasteiger partial charge on any atom is 0.295 e. The van der Waals surface area contributed by atoms with Gasteiger partial charge in [0.15, 0.2) is 0 Å². The zero-order chi connectivity index (χ0) is 15.8. The molecular formula is C14H16BrFN4O. The lowest BCUT2D eigenvalue weighted by molar-refractivity contribution is 0.101. The minimum atomic E-state index is -0.480. The first-order valence-corrected chi connectivity index (χ1v) is 7.17. The van der Waals surface area contributed by atoms with Crippen LogP contribution in [0.25, 0.3) is 0 Å². The number of aromatic nitrogens is 3. The second-order valence-corrected chi connectivity index (χ2v) is 6.65. The highest BCUT2D eigenvalue weighted by atomic mass is 79.9. The van der Waals surface area contributed by atoms with Gasteiger partial charge < -0.3 is 5.32 Å². The van der Waals surface area contributed by atoms with Crippen molar-refractivity contribution in [2.75, 3.05) is 5.32 Å². The molecular weight excluding hydrogens is 339 g/mol. The van der Waals surface area contributed by atoms with E-state index in [1.165, 1.54) is 6.07 Å². The Morgan fingerprint density at radius 2 is 2.05 bits per heavy atom. The summed E-state index contributed by atoms with van der Waals surface area (Å²) in [6.07, 6.45) is 0. The predicted octanol–water partition coefficient (Wildman–Crippen LogP) is 3.56. The predicted molar refractivity (Wildman–Crippen MR) is 81.9 cm³/mol. The molecule has 1 amide bonds. The number of rotatable bonds is 2. The third-order valence-corrected chi connectivity index (χ3v) is 3.52. The van der Waals surface area contributed by atoms with Gasteiger partial charge in [-0.25, -0.2) is 9.37 Å². The molecule has 0 saturated carbocycles. The second-order valence-electron chi connectivity index (χ2n) is 5.79. The average Bonchev–Trinajstić information content (AvgIpc) is 2.85. The molecule has 0 fully saturated rings. The largest absolute Gasteiger partial charge is 0.319 e. The Labute approximate surface area is 130 Å². The van der Waals surface area contributed by atoms with E-state index in [4.69, 9.17) is 0 Å². The van der Waals surface area contributed by atoms with Crippen molar-refractivity contribution in [3.8, 4) is 0 Å². The molecule has 2 N–H and O–H groups in total. The van der Waals surface area contributed by atoms with Crippen LogP contribution in [0.15, 0.2) is 16.6 Å². The number of aryl methyl sites for hydroxylation is 1. The van der Waals surface area contributed by atoms with Crippen molar-refractivity contribution >= 4 is 27.5 Å². The Hall–Kier alpha value is -1.76. The lowest BCUT2D eigenvalue weighted by Gasteiger charge is -2.12. The molecule has 0 saturated heterocycles. The number of carbonyl (C=O) groups is 1. The van der Waals surface area contributed by atoms with E-state index in [2.05, 4.69) is 36.4 Å². The molecule has 2 aromatic rings. The molecule has 0 radical (unpaired) electrons. The smallest absolute Gasteiger partial charge is 0.295 e. The number of carbonyl (C=O) groups excluding carboxylic acids is 1. The van der Waals surface area contributed by atoms with Crippen LogP contribution in [0.5, 0.6) is 0 Å². The number of amides is 1. The lowest BCUT2D eigenvalue weighted by Crippen LogP contribution is -2.16. The Bertz CT molecular complexity index is 691. The summed E-state index contributed by atoms with van der Waals surface area (Å²) in [5.41, 5.74) is 0.900. The fraction of sp³-hybridized carbons (Fsp3) is 0.357. The van der Waals surface area contributed by atoms with Gasteiger partial charge in [-0.3, -0.25) is 9.89 Å². The SMILES string of the molecule is Cc1cc(Br)c(F)cc1NC(=O)c1n[nH]c(C(C)(C)C)n1. The number of nitrogens with one attached hydrogen (secondary N) is 2. The maximum absolute atomic E-state index is 13.5. The summed E-state index contributed by atoms with van der Waals surface area (Å²) in [6.45, 7) is 7.66.